The third kappa shape index (κ3) is 5.56. The molecule has 0 spiro atoms. The van der Waals surface area contributed by atoms with Crippen LogP contribution in [0.3, 0.4) is 0 Å². The van der Waals surface area contributed by atoms with E-state index in [0.717, 1.165) is 43.0 Å². The molecule has 0 bridgehead atoms. The number of halogens is 2. The highest BCUT2D eigenvalue weighted by atomic mass is 35.5. The average Bonchev–Trinajstić information content (AvgIpc) is 3.37. The van der Waals surface area contributed by atoms with Crippen molar-refractivity contribution < 1.29 is 13.6 Å². The number of hydrogen-bond acceptors (Lipinski definition) is 4. The third-order valence-corrected chi connectivity index (χ3v) is 6.39. The largest absolute Gasteiger partial charge is 0.451 e. The minimum absolute atomic E-state index is 0.150. The summed E-state index contributed by atoms with van der Waals surface area (Å²) in [5.74, 6) is 0.354. The van der Waals surface area contributed by atoms with Crippen molar-refractivity contribution in [1.29, 1.82) is 0 Å². The Morgan fingerprint density at radius 1 is 0.914 bits per heavy atom. The lowest BCUT2D eigenvalue weighted by atomic mass is 10.1. The maximum atomic E-state index is 13.9. The molecule has 1 saturated heterocycles. The Bertz CT molecular complexity index is 1310. The molecule has 0 saturated carbocycles. The van der Waals surface area contributed by atoms with Gasteiger partial charge in [0.2, 0.25) is 0 Å². The summed E-state index contributed by atoms with van der Waals surface area (Å²) < 4.78 is 19.7. The summed E-state index contributed by atoms with van der Waals surface area (Å²) in [5, 5.41) is 3.49. The van der Waals surface area contributed by atoms with E-state index in [1.165, 1.54) is 6.07 Å². The van der Waals surface area contributed by atoms with Crippen LogP contribution >= 0.6 is 11.6 Å². The second-order valence-electron chi connectivity index (χ2n) is 8.53. The number of carbonyl (C=O) groups excluding carboxylic acids is 1. The molecular formula is C28H25ClFN3O2. The van der Waals surface area contributed by atoms with E-state index in [4.69, 9.17) is 16.0 Å². The molecule has 178 valence electrons. The van der Waals surface area contributed by atoms with Crippen LogP contribution in [0.2, 0.25) is 5.02 Å². The molecule has 3 aromatic carbocycles. The first kappa shape index (κ1) is 23.1. The third-order valence-electron chi connectivity index (χ3n) is 6.15. The highest BCUT2D eigenvalue weighted by Gasteiger charge is 2.19. The number of nitrogens with zero attached hydrogens (tertiary/aromatic N) is 2. The van der Waals surface area contributed by atoms with Crippen LogP contribution in [-0.2, 0) is 6.54 Å². The minimum atomic E-state index is -0.312. The maximum absolute atomic E-state index is 13.9. The first-order chi connectivity index (χ1) is 17.0. The van der Waals surface area contributed by atoms with Crippen LogP contribution < -0.4 is 10.2 Å². The Labute approximate surface area is 208 Å². The quantitative estimate of drug-likeness (QED) is 0.344. The van der Waals surface area contributed by atoms with Crippen LogP contribution in [0.1, 0.15) is 16.1 Å². The molecule has 5 rings (SSSR count). The number of hydrogen-bond donors (Lipinski definition) is 1. The van der Waals surface area contributed by atoms with Crippen molar-refractivity contribution in [2.75, 3.05) is 36.4 Å². The van der Waals surface area contributed by atoms with Crippen molar-refractivity contribution in [3.05, 3.63) is 107 Å². The highest BCUT2D eigenvalue weighted by molar-refractivity contribution is 6.30. The molecule has 0 atom stereocenters. The number of nitrogens with one attached hydrogen (secondary N) is 1. The van der Waals surface area contributed by atoms with E-state index in [0.29, 0.717) is 23.0 Å². The van der Waals surface area contributed by atoms with Crippen molar-refractivity contribution in [2.45, 2.75) is 6.54 Å². The van der Waals surface area contributed by atoms with Crippen LogP contribution in [0, 0.1) is 5.82 Å². The Balaban J connectivity index is 1.15. The van der Waals surface area contributed by atoms with Gasteiger partial charge in [-0.2, -0.15) is 0 Å². The molecule has 1 amide bonds. The zero-order valence-corrected chi connectivity index (χ0v) is 19.8. The van der Waals surface area contributed by atoms with E-state index in [9.17, 15) is 9.18 Å². The molecule has 1 N–H and O–H groups in total. The van der Waals surface area contributed by atoms with Crippen LogP contribution in [-0.4, -0.2) is 37.0 Å². The van der Waals surface area contributed by atoms with E-state index in [-0.39, 0.29) is 17.5 Å². The fourth-order valence-corrected chi connectivity index (χ4v) is 4.43. The van der Waals surface area contributed by atoms with Gasteiger partial charge in [0.05, 0.1) is 0 Å². The molecule has 1 aliphatic rings. The molecule has 4 aromatic rings. The molecule has 7 heteroatoms. The lowest BCUT2D eigenvalue weighted by Gasteiger charge is -2.36. The molecular weight excluding hydrogens is 465 g/mol. The first-order valence-electron chi connectivity index (χ1n) is 11.5. The molecule has 0 radical (unpaired) electrons. The molecule has 5 nitrogen and oxygen atoms in total. The van der Waals surface area contributed by atoms with Gasteiger partial charge < -0.3 is 14.6 Å². The number of rotatable bonds is 6. The van der Waals surface area contributed by atoms with E-state index >= 15 is 0 Å². The van der Waals surface area contributed by atoms with E-state index in [1.807, 2.05) is 48.5 Å². The van der Waals surface area contributed by atoms with Gasteiger partial charge in [0.15, 0.2) is 5.76 Å². The highest BCUT2D eigenvalue weighted by Crippen LogP contribution is 2.26. The van der Waals surface area contributed by atoms with Gasteiger partial charge in [0.25, 0.3) is 5.91 Å². The second-order valence-corrected chi connectivity index (χ2v) is 8.97. The standard InChI is InChI=1S/C28H25ClFN3O2/c29-22-6-3-5-20(18-22)26-12-13-27(35-26)28(34)31-23-8-10-24(11-9-23)33-16-14-32(15-17-33)19-21-4-1-2-7-25(21)30/h1-13,18H,14-17,19H2,(H,31,34). The molecule has 1 aliphatic heterocycles. The Hall–Kier alpha value is -3.61. The zero-order valence-electron chi connectivity index (χ0n) is 19.1. The van der Waals surface area contributed by atoms with E-state index < -0.39 is 0 Å². The summed E-state index contributed by atoms with van der Waals surface area (Å²) in [5.41, 5.74) is 3.33. The van der Waals surface area contributed by atoms with Crippen molar-refractivity contribution in [2.24, 2.45) is 0 Å². The number of anilines is 2. The molecule has 0 aliphatic carbocycles. The number of carbonyl (C=O) groups is 1. The summed E-state index contributed by atoms with van der Waals surface area (Å²) in [6.07, 6.45) is 0. The summed E-state index contributed by atoms with van der Waals surface area (Å²) in [6.45, 7) is 4.06. The van der Waals surface area contributed by atoms with Crippen molar-refractivity contribution in [3.8, 4) is 11.3 Å². The number of amides is 1. The molecule has 1 aromatic heterocycles. The summed E-state index contributed by atoms with van der Waals surface area (Å²) >= 11 is 6.05. The fraction of sp³-hybridized carbons (Fsp3) is 0.179. The first-order valence-corrected chi connectivity index (χ1v) is 11.9. The predicted octanol–water partition coefficient (Wildman–Crippen LogP) is 6.31. The van der Waals surface area contributed by atoms with Crippen LogP contribution in [0.25, 0.3) is 11.3 Å². The van der Waals surface area contributed by atoms with Gasteiger partial charge in [-0.3, -0.25) is 9.69 Å². The number of benzene rings is 3. The number of furan rings is 1. The van der Waals surface area contributed by atoms with Crippen LogP contribution in [0.5, 0.6) is 0 Å². The fourth-order valence-electron chi connectivity index (χ4n) is 4.24. The molecule has 2 heterocycles. The van der Waals surface area contributed by atoms with E-state index in [1.54, 1.807) is 30.3 Å². The van der Waals surface area contributed by atoms with Gasteiger partial charge in [-0.05, 0) is 54.6 Å². The SMILES string of the molecule is O=C(Nc1ccc(N2CCN(Cc3ccccc3F)CC2)cc1)c1ccc(-c2cccc(Cl)c2)o1. The Kier molecular flexibility index (Phi) is 6.84. The molecule has 1 fully saturated rings. The summed E-state index contributed by atoms with van der Waals surface area (Å²) in [7, 11) is 0. The zero-order chi connectivity index (χ0) is 24.2. The van der Waals surface area contributed by atoms with Crippen molar-refractivity contribution in [1.82, 2.24) is 4.90 Å². The predicted molar refractivity (Wildman–Crippen MR) is 137 cm³/mol. The van der Waals surface area contributed by atoms with Gasteiger partial charge in [-0.1, -0.05) is 41.9 Å². The Morgan fingerprint density at radius 2 is 1.69 bits per heavy atom. The lowest BCUT2D eigenvalue weighted by Crippen LogP contribution is -2.46. The van der Waals surface area contributed by atoms with Gasteiger partial charge in [0, 0.05) is 60.2 Å². The average molecular weight is 490 g/mol. The summed E-state index contributed by atoms with van der Waals surface area (Å²) in [6, 6.07) is 25.4. The number of piperazine rings is 1. The van der Waals surface area contributed by atoms with Crippen molar-refractivity contribution >= 4 is 28.9 Å². The second kappa shape index (κ2) is 10.3. The smallest absolute Gasteiger partial charge is 0.291 e. The van der Waals surface area contributed by atoms with E-state index in [2.05, 4.69) is 15.1 Å². The lowest BCUT2D eigenvalue weighted by molar-refractivity contribution is 0.0997. The van der Waals surface area contributed by atoms with Crippen LogP contribution in [0.4, 0.5) is 15.8 Å². The van der Waals surface area contributed by atoms with Crippen LogP contribution in [0.15, 0.2) is 89.3 Å². The van der Waals surface area contributed by atoms with Gasteiger partial charge in [-0.25, -0.2) is 4.39 Å². The normalized spacial score (nSPS) is 14.2. The van der Waals surface area contributed by atoms with Gasteiger partial charge >= 0.3 is 0 Å². The Morgan fingerprint density at radius 3 is 2.43 bits per heavy atom. The van der Waals surface area contributed by atoms with Crippen molar-refractivity contribution in [3.63, 3.8) is 0 Å². The monoisotopic (exact) mass is 489 g/mol. The maximum Gasteiger partial charge on any atom is 0.291 e. The van der Waals surface area contributed by atoms with Gasteiger partial charge in [0.1, 0.15) is 11.6 Å². The minimum Gasteiger partial charge on any atom is -0.451 e. The summed E-state index contributed by atoms with van der Waals surface area (Å²) in [4.78, 5) is 17.2. The molecule has 0 unspecified atom stereocenters. The molecule has 35 heavy (non-hydrogen) atoms. The van der Waals surface area contributed by atoms with Gasteiger partial charge in [-0.15, -0.1) is 0 Å². The topological polar surface area (TPSA) is 48.7 Å².